The van der Waals surface area contributed by atoms with Crippen molar-refractivity contribution in [3.8, 4) is 0 Å². The van der Waals surface area contributed by atoms with Gasteiger partial charge in [-0.05, 0) is 24.5 Å². The first-order valence-corrected chi connectivity index (χ1v) is 4.27. The van der Waals surface area contributed by atoms with Crippen LogP contribution in [0, 0.1) is 0 Å². The first kappa shape index (κ1) is 9.69. The van der Waals surface area contributed by atoms with E-state index in [-0.39, 0.29) is 12.4 Å². The van der Waals surface area contributed by atoms with Crippen LogP contribution in [0.4, 0.5) is 5.69 Å². The average Bonchev–Trinajstić information content (AvgIpc) is 2.06. The molecule has 3 heteroatoms. The molecule has 12 heavy (non-hydrogen) atoms. The minimum absolute atomic E-state index is 0. The Bertz CT molecular complexity index is 273. The summed E-state index contributed by atoms with van der Waals surface area (Å²) in [7, 11) is 0. The topological polar surface area (TPSA) is 12.0 Å². The number of hydrogen-bond acceptors (Lipinski definition) is 1. The fraction of sp³-hybridized carbons (Fsp3) is 0.333. The second-order valence-corrected chi connectivity index (χ2v) is 3.21. The van der Waals surface area contributed by atoms with Crippen LogP contribution in [0.25, 0.3) is 0 Å². The highest BCUT2D eigenvalue weighted by Crippen LogP contribution is 2.29. The Balaban J connectivity index is 0.000000720. The maximum atomic E-state index is 5.98. The molecule has 1 aromatic carbocycles. The van der Waals surface area contributed by atoms with Crippen LogP contribution in [0.3, 0.4) is 0 Å². The number of benzene rings is 1. The zero-order chi connectivity index (χ0) is 7.68. The normalized spacial score (nSPS) is 14.1. The zero-order valence-electron chi connectivity index (χ0n) is 6.64. The van der Waals surface area contributed by atoms with Gasteiger partial charge in [0.2, 0.25) is 0 Å². The van der Waals surface area contributed by atoms with E-state index in [4.69, 9.17) is 11.6 Å². The zero-order valence-corrected chi connectivity index (χ0v) is 8.21. The van der Waals surface area contributed by atoms with E-state index in [0.29, 0.717) is 0 Å². The van der Waals surface area contributed by atoms with Gasteiger partial charge in [-0.1, -0.05) is 23.7 Å². The van der Waals surface area contributed by atoms with E-state index < -0.39 is 0 Å². The summed E-state index contributed by atoms with van der Waals surface area (Å²) in [6.07, 6.45) is 2.37. The summed E-state index contributed by atoms with van der Waals surface area (Å²) in [4.78, 5) is 0. The third kappa shape index (κ3) is 1.67. The number of para-hydroxylation sites is 1. The third-order valence-electron chi connectivity index (χ3n) is 2.02. The van der Waals surface area contributed by atoms with Gasteiger partial charge < -0.3 is 5.32 Å². The highest BCUT2D eigenvalue weighted by Gasteiger charge is 2.09. The molecule has 1 aromatic rings. The van der Waals surface area contributed by atoms with Crippen molar-refractivity contribution in [3.05, 3.63) is 28.8 Å². The van der Waals surface area contributed by atoms with Crippen LogP contribution >= 0.6 is 24.0 Å². The minimum atomic E-state index is 0. The molecular weight excluding hydrogens is 193 g/mol. The Hall–Kier alpha value is -0.400. The largest absolute Gasteiger partial charge is 0.384 e. The predicted octanol–water partition coefficient (Wildman–Crippen LogP) is 3.12. The molecule has 0 saturated carbocycles. The molecule has 0 atom stereocenters. The lowest BCUT2D eigenvalue weighted by molar-refractivity contribution is 0.830. The third-order valence-corrected chi connectivity index (χ3v) is 2.34. The Morgan fingerprint density at radius 3 is 2.92 bits per heavy atom. The van der Waals surface area contributed by atoms with Gasteiger partial charge in [-0.3, -0.25) is 0 Å². The van der Waals surface area contributed by atoms with E-state index >= 15 is 0 Å². The Kier molecular flexibility index (Phi) is 3.24. The lowest BCUT2D eigenvalue weighted by atomic mass is 10.0. The fourth-order valence-corrected chi connectivity index (χ4v) is 1.73. The van der Waals surface area contributed by atoms with Gasteiger partial charge in [0.15, 0.2) is 0 Å². The molecular formula is C9H11Cl2N. The molecule has 1 N–H and O–H groups in total. The van der Waals surface area contributed by atoms with E-state index in [1.54, 1.807) is 0 Å². The fourth-order valence-electron chi connectivity index (χ4n) is 1.47. The Morgan fingerprint density at radius 2 is 2.17 bits per heavy atom. The average molecular weight is 204 g/mol. The van der Waals surface area contributed by atoms with Gasteiger partial charge >= 0.3 is 0 Å². The predicted molar refractivity (Wildman–Crippen MR) is 55.5 cm³/mol. The maximum Gasteiger partial charge on any atom is 0.0640 e. The summed E-state index contributed by atoms with van der Waals surface area (Å²) in [5.74, 6) is 0. The van der Waals surface area contributed by atoms with E-state index in [2.05, 4.69) is 11.4 Å². The quantitative estimate of drug-likeness (QED) is 0.684. The summed E-state index contributed by atoms with van der Waals surface area (Å²) < 4.78 is 0. The van der Waals surface area contributed by atoms with Crippen LogP contribution < -0.4 is 5.32 Å². The SMILES string of the molecule is Cl.Clc1cccc2c1NCCC2. The number of anilines is 1. The lowest BCUT2D eigenvalue weighted by Crippen LogP contribution is -2.11. The minimum Gasteiger partial charge on any atom is -0.384 e. The molecule has 1 aliphatic rings. The van der Waals surface area contributed by atoms with Gasteiger partial charge in [-0.25, -0.2) is 0 Å². The van der Waals surface area contributed by atoms with Crippen molar-refractivity contribution >= 4 is 29.7 Å². The van der Waals surface area contributed by atoms with Gasteiger partial charge in [-0.15, -0.1) is 12.4 Å². The van der Waals surface area contributed by atoms with Crippen molar-refractivity contribution in [1.82, 2.24) is 0 Å². The number of hydrogen-bond donors (Lipinski definition) is 1. The van der Waals surface area contributed by atoms with Gasteiger partial charge in [-0.2, -0.15) is 0 Å². The van der Waals surface area contributed by atoms with E-state index in [0.717, 1.165) is 23.7 Å². The molecule has 0 fully saturated rings. The first-order chi connectivity index (χ1) is 5.38. The lowest BCUT2D eigenvalue weighted by Gasteiger charge is -2.18. The summed E-state index contributed by atoms with van der Waals surface area (Å²) >= 11 is 5.98. The highest BCUT2D eigenvalue weighted by atomic mass is 35.5. The Labute approximate surface area is 83.5 Å². The summed E-state index contributed by atoms with van der Waals surface area (Å²) in [5, 5.41) is 4.15. The number of fused-ring (bicyclic) bond motifs is 1. The molecule has 2 rings (SSSR count). The van der Waals surface area contributed by atoms with Crippen molar-refractivity contribution in [2.24, 2.45) is 0 Å². The van der Waals surface area contributed by atoms with Gasteiger partial charge in [0.25, 0.3) is 0 Å². The Morgan fingerprint density at radius 1 is 1.33 bits per heavy atom. The molecule has 0 spiro atoms. The molecule has 0 saturated heterocycles. The van der Waals surface area contributed by atoms with E-state index in [1.165, 1.54) is 12.0 Å². The number of aryl methyl sites for hydroxylation is 1. The number of halogens is 2. The van der Waals surface area contributed by atoms with Crippen LogP contribution in [-0.4, -0.2) is 6.54 Å². The molecule has 0 aliphatic carbocycles. The maximum absolute atomic E-state index is 5.98. The van der Waals surface area contributed by atoms with Crippen LogP contribution in [0.2, 0.25) is 5.02 Å². The van der Waals surface area contributed by atoms with Crippen molar-refractivity contribution < 1.29 is 0 Å². The monoisotopic (exact) mass is 203 g/mol. The van der Waals surface area contributed by atoms with Crippen molar-refractivity contribution in [1.29, 1.82) is 0 Å². The first-order valence-electron chi connectivity index (χ1n) is 3.89. The molecule has 1 heterocycles. The molecule has 66 valence electrons. The smallest absolute Gasteiger partial charge is 0.0640 e. The summed E-state index contributed by atoms with van der Waals surface area (Å²) in [5.41, 5.74) is 2.49. The molecule has 0 aromatic heterocycles. The summed E-state index contributed by atoms with van der Waals surface area (Å²) in [6.45, 7) is 1.05. The second kappa shape index (κ2) is 4.01. The molecule has 0 unspecified atom stereocenters. The van der Waals surface area contributed by atoms with Crippen molar-refractivity contribution in [3.63, 3.8) is 0 Å². The van der Waals surface area contributed by atoms with Gasteiger partial charge in [0, 0.05) is 6.54 Å². The van der Waals surface area contributed by atoms with Crippen LogP contribution in [-0.2, 0) is 6.42 Å². The molecule has 0 bridgehead atoms. The molecule has 0 amide bonds. The standard InChI is InChI=1S/C9H10ClN.ClH/c10-8-5-1-3-7-4-2-6-11-9(7)8;/h1,3,5,11H,2,4,6H2;1H. The molecule has 1 nitrogen and oxygen atoms in total. The van der Waals surface area contributed by atoms with Crippen LogP contribution in [0.15, 0.2) is 18.2 Å². The van der Waals surface area contributed by atoms with Crippen molar-refractivity contribution in [2.45, 2.75) is 12.8 Å². The van der Waals surface area contributed by atoms with Crippen LogP contribution in [0.1, 0.15) is 12.0 Å². The highest BCUT2D eigenvalue weighted by molar-refractivity contribution is 6.33. The van der Waals surface area contributed by atoms with Gasteiger partial charge in [0.1, 0.15) is 0 Å². The molecule has 0 radical (unpaired) electrons. The number of nitrogens with one attached hydrogen (secondary N) is 1. The van der Waals surface area contributed by atoms with Crippen LogP contribution in [0.5, 0.6) is 0 Å². The molecule has 1 aliphatic heterocycles. The van der Waals surface area contributed by atoms with Gasteiger partial charge in [0.05, 0.1) is 10.7 Å². The summed E-state index contributed by atoms with van der Waals surface area (Å²) in [6, 6.07) is 6.07. The number of rotatable bonds is 0. The van der Waals surface area contributed by atoms with E-state index in [1.807, 2.05) is 12.1 Å². The van der Waals surface area contributed by atoms with Crippen molar-refractivity contribution in [2.75, 3.05) is 11.9 Å². The van der Waals surface area contributed by atoms with E-state index in [9.17, 15) is 0 Å². The second-order valence-electron chi connectivity index (χ2n) is 2.80.